The first-order valence-electron chi connectivity index (χ1n) is 5.14. The number of thiazole rings is 1. The Morgan fingerprint density at radius 3 is 2.94 bits per heavy atom. The van der Waals surface area contributed by atoms with Crippen LogP contribution in [0.25, 0.3) is 0 Å². The molecule has 0 saturated carbocycles. The summed E-state index contributed by atoms with van der Waals surface area (Å²) in [5.74, 6) is 0.601. The first kappa shape index (κ1) is 12.4. The van der Waals surface area contributed by atoms with Crippen LogP contribution in [0.3, 0.4) is 0 Å². The van der Waals surface area contributed by atoms with Gasteiger partial charge in [-0.2, -0.15) is 0 Å². The Morgan fingerprint density at radius 2 is 2.35 bits per heavy atom. The van der Waals surface area contributed by atoms with E-state index in [1.165, 1.54) is 11.3 Å². The normalized spacial score (nSPS) is 12.4. The number of aliphatic hydroxyl groups excluding tert-OH is 1. The molecule has 1 atom stereocenters. The standard InChI is InChI=1S/C12H12ClNO2S/c1-8(15)9-2-3-12(11(13)4-9)16-5-10-6-17-7-14-10/h2-4,6-8,15H,5H2,1H3/t8-/m1/s1. The maximum Gasteiger partial charge on any atom is 0.138 e. The van der Waals surface area contributed by atoms with E-state index in [0.717, 1.165) is 11.3 Å². The van der Waals surface area contributed by atoms with E-state index in [0.29, 0.717) is 17.4 Å². The van der Waals surface area contributed by atoms with E-state index in [1.54, 1.807) is 30.6 Å². The van der Waals surface area contributed by atoms with E-state index in [4.69, 9.17) is 16.3 Å². The second-order valence-electron chi connectivity index (χ2n) is 3.63. The predicted molar refractivity (Wildman–Crippen MR) is 68.5 cm³/mol. The lowest BCUT2D eigenvalue weighted by Gasteiger charge is -2.09. The van der Waals surface area contributed by atoms with Crippen molar-refractivity contribution < 1.29 is 9.84 Å². The molecule has 1 aromatic carbocycles. The van der Waals surface area contributed by atoms with Crippen LogP contribution in [-0.4, -0.2) is 10.1 Å². The van der Waals surface area contributed by atoms with E-state index in [2.05, 4.69) is 4.98 Å². The van der Waals surface area contributed by atoms with Gasteiger partial charge >= 0.3 is 0 Å². The van der Waals surface area contributed by atoms with Crippen molar-refractivity contribution in [3.8, 4) is 5.75 Å². The second kappa shape index (κ2) is 5.49. The van der Waals surface area contributed by atoms with Crippen molar-refractivity contribution in [3.05, 3.63) is 45.4 Å². The number of halogens is 1. The van der Waals surface area contributed by atoms with Gasteiger partial charge in [0.25, 0.3) is 0 Å². The number of hydrogen-bond donors (Lipinski definition) is 1. The minimum atomic E-state index is -0.528. The van der Waals surface area contributed by atoms with Gasteiger partial charge in [-0.05, 0) is 24.6 Å². The third-order valence-electron chi connectivity index (χ3n) is 2.30. The minimum Gasteiger partial charge on any atom is -0.486 e. The van der Waals surface area contributed by atoms with Gasteiger partial charge in [-0.15, -0.1) is 11.3 Å². The smallest absolute Gasteiger partial charge is 0.138 e. The summed E-state index contributed by atoms with van der Waals surface area (Å²) in [7, 11) is 0. The molecule has 0 saturated heterocycles. The SMILES string of the molecule is C[C@@H](O)c1ccc(OCc2cscn2)c(Cl)c1. The summed E-state index contributed by atoms with van der Waals surface area (Å²) in [6.07, 6.45) is -0.528. The Labute approximate surface area is 109 Å². The second-order valence-corrected chi connectivity index (χ2v) is 4.76. The molecule has 2 aromatic rings. The molecule has 0 amide bonds. The van der Waals surface area contributed by atoms with Gasteiger partial charge in [0.05, 0.1) is 22.3 Å². The van der Waals surface area contributed by atoms with Crippen molar-refractivity contribution in [3.63, 3.8) is 0 Å². The van der Waals surface area contributed by atoms with Gasteiger partial charge in [0.2, 0.25) is 0 Å². The first-order valence-corrected chi connectivity index (χ1v) is 6.46. The van der Waals surface area contributed by atoms with E-state index in [9.17, 15) is 5.11 Å². The fraction of sp³-hybridized carbons (Fsp3) is 0.250. The monoisotopic (exact) mass is 269 g/mol. The summed E-state index contributed by atoms with van der Waals surface area (Å²) in [5.41, 5.74) is 3.42. The molecule has 0 unspecified atom stereocenters. The lowest BCUT2D eigenvalue weighted by molar-refractivity contribution is 0.199. The largest absolute Gasteiger partial charge is 0.486 e. The molecule has 0 radical (unpaired) electrons. The molecule has 3 nitrogen and oxygen atoms in total. The van der Waals surface area contributed by atoms with Gasteiger partial charge in [0, 0.05) is 5.38 Å². The molecule has 90 valence electrons. The van der Waals surface area contributed by atoms with Gasteiger partial charge in [0.15, 0.2) is 0 Å². The molecule has 2 rings (SSSR count). The quantitative estimate of drug-likeness (QED) is 0.925. The van der Waals surface area contributed by atoms with Crippen LogP contribution >= 0.6 is 22.9 Å². The highest BCUT2D eigenvalue weighted by atomic mass is 35.5. The zero-order valence-corrected chi connectivity index (χ0v) is 10.8. The highest BCUT2D eigenvalue weighted by Gasteiger charge is 2.07. The molecule has 0 aliphatic rings. The topological polar surface area (TPSA) is 42.4 Å². The molecule has 17 heavy (non-hydrogen) atoms. The number of ether oxygens (including phenoxy) is 1. The van der Waals surface area contributed by atoms with E-state index < -0.39 is 6.10 Å². The zero-order valence-electron chi connectivity index (χ0n) is 9.26. The van der Waals surface area contributed by atoms with E-state index in [1.807, 2.05) is 5.38 Å². The van der Waals surface area contributed by atoms with Gasteiger partial charge in [0.1, 0.15) is 12.4 Å². The summed E-state index contributed by atoms with van der Waals surface area (Å²) >= 11 is 7.59. The third-order valence-corrected chi connectivity index (χ3v) is 3.23. The summed E-state index contributed by atoms with van der Waals surface area (Å²) in [4.78, 5) is 4.12. The predicted octanol–water partition coefficient (Wildman–Crippen LogP) is 3.43. The average Bonchev–Trinajstić information content (AvgIpc) is 2.80. The molecule has 1 N–H and O–H groups in total. The number of rotatable bonds is 4. The minimum absolute atomic E-state index is 0.400. The fourth-order valence-corrected chi connectivity index (χ4v) is 2.14. The Hall–Kier alpha value is -1.10. The molecule has 0 bridgehead atoms. The summed E-state index contributed by atoms with van der Waals surface area (Å²) < 4.78 is 5.55. The van der Waals surface area contributed by atoms with Crippen LogP contribution < -0.4 is 4.74 Å². The summed E-state index contributed by atoms with van der Waals surface area (Å²) in [6, 6.07) is 5.27. The summed E-state index contributed by atoms with van der Waals surface area (Å²) in [5, 5.41) is 11.8. The third kappa shape index (κ3) is 3.19. The number of nitrogens with zero attached hydrogens (tertiary/aromatic N) is 1. The molecule has 5 heteroatoms. The molecule has 0 fully saturated rings. The molecule has 1 heterocycles. The van der Waals surface area contributed by atoms with Crippen molar-refractivity contribution in [2.45, 2.75) is 19.6 Å². The van der Waals surface area contributed by atoms with Gasteiger partial charge in [-0.1, -0.05) is 17.7 Å². The number of aromatic nitrogens is 1. The van der Waals surface area contributed by atoms with Crippen LogP contribution in [0.2, 0.25) is 5.02 Å². The zero-order chi connectivity index (χ0) is 12.3. The average molecular weight is 270 g/mol. The van der Waals surface area contributed by atoms with Gasteiger partial charge in [-0.25, -0.2) is 4.98 Å². The number of benzene rings is 1. The van der Waals surface area contributed by atoms with Crippen molar-refractivity contribution in [1.29, 1.82) is 0 Å². The highest BCUT2D eigenvalue weighted by Crippen LogP contribution is 2.28. The lowest BCUT2D eigenvalue weighted by Crippen LogP contribution is -1.97. The number of aliphatic hydroxyl groups is 1. The van der Waals surface area contributed by atoms with Crippen molar-refractivity contribution in [2.75, 3.05) is 0 Å². The van der Waals surface area contributed by atoms with Gasteiger partial charge < -0.3 is 9.84 Å². The van der Waals surface area contributed by atoms with Crippen LogP contribution in [0.15, 0.2) is 29.1 Å². The highest BCUT2D eigenvalue weighted by molar-refractivity contribution is 7.07. The van der Waals surface area contributed by atoms with Crippen LogP contribution in [-0.2, 0) is 6.61 Å². The fourth-order valence-electron chi connectivity index (χ4n) is 1.35. The molecule has 0 spiro atoms. The molecule has 1 aromatic heterocycles. The first-order chi connectivity index (χ1) is 8.16. The Bertz CT molecular complexity index is 485. The molecule has 0 aliphatic heterocycles. The summed E-state index contributed by atoms with van der Waals surface area (Å²) in [6.45, 7) is 2.10. The molecular weight excluding hydrogens is 258 g/mol. The van der Waals surface area contributed by atoms with Crippen LogP contribution in [0.4, 0.5) is 0 Å². The molecular formula is C12H12ClNO2S. The van der Waals surface area contributed by atoms with Crippen molar-refractivity contribution in [1.82, 2.24) is 4.98 Å². The van der Waals surface area contributed by atoms with Crippen LogP contribution in [0.1, 0.15) is 24.3 Å². The van der Waals surface area contributed by atoms with Gasteiger partial charge in [-0.3, -0.25) is 0 Å². The van der Waals surface area contributed by atoms with E-state index >= 15 is 0 Å². The molecule has 0 aliphatic carbocycles. The van der Waals surface area contributed by atoms with Crippen molar-refractivity contribution >= 4 is 22.9 Å². The maximum atomic E-state index is 9.41. The lowest BCUT2D eigenvalue weighted by atomic mass is 10.1. The number of hydrogen-bond acceptors (Lipinski definition) is 4. The Kier molecular flexibility index (Phi) is 3.99. The Balaban J connectivity index is 2.06. The van der Waals surface area contributed by atoms with Crippen molar-refractivity contribution in [2.24, 2.45) is 0 Å². The Morgan fingerprint density at radius 1 is 1.53 bits per heavy atom. The van der Waals surface area contributed by atoms with Crippen LogP contribution in [0.5, 0.6) is 5.75 Å². The maximum absolute atomic E-state index is 9.41. The van der Waals surface area contributed by atoms with E-state index in [-0.39, 0.29) is 0 Å². The van der Waals surface area contributed by atoms with Crippen LogP contribution in [0, 0.1) is 0 Å².